The van der Waals surface area contributed by atoms with Crippen LogP contribution in [0, 0.1) is 0 Å². The Morgan fingerprint density at radius 1 is 1.35 bits per heavy atom. The topological polar surface area (TPSA) is 89.1 Å². The predicted octanol–water partition coefficient (Wildman–Crippen LogP) is 0.888. The van der Waals surface area contributed by atoms with Crippen LogP contribution in [0.2, 0.25) is 0 Å². The summed E-state index contributed by atoms with van der Waals surface area (Å²) in [5.41, 5.74) is 0.983. The van der Waals surface area contributed by atoms with Gasteiger partial charge in [-0.25, -0.2) is 9.59 Å². The first-order valence-corrected chi connectivity index (χ1v) is 8.57. The van der Waals surface area contributed by atoms with Crippen molar-refractivity contribution in [1.82, 2.24) is 15.5 Å². The van der Waals surface area contributed by atoms with Crippen molar-refractivity contribution in [3.63, 3.8) is 0 Å². The first kappa shape index (κ1) is 18.1. The van der Waals surface area contributed by atoms with E-state index in [1.807, 2.05) is 36.2 Å². The van der Waals surface area contributed by atoms with Gasteiger partial charge in [-0.2, -0.15) is 0 Å². The van der Waals surface area contributed by atoms with Crippen molar-refractivity contribution in [3.8, 4) is 11.5 Å². The van der Waals surface area contributed by atoms with Crippen LogP contribution in [-0.4, -0.2) is 62.9 Å². The van der Waals surface area contributed by atoms with E-state index in [1.165, 1.54) is 0 Å². The zero-order valence-electron chi connectivity index (χ0n) is 14.9. The summed E-state index contributed by atoms with van der Waals surface area (Å²) in [7, 11) is 1.90. The predicted molar refractivity (Wildman–Crippen MR) is 94.0 cm³/mol. The number of fused-ring (bicyclic) bond motifs is 1. The molecule has 0 saturated heterocycles. The monoisotopic (exact) mass is 361 g/mol. The number of rotatable bonds is 6. The normalized spacial score (nSPS) is 19.0. The molecule has 0 fully saturated rings. The van der Waals surface area contributed by atoms with Gasteiger partial charge in [0.05, 0.1) is 18.7 Å². The molecule has 2 amide bonds. The Kier molecular flexibility index (Phi) is 5.62. The number of hydrogen-bond acceptors (Lipinski definition) is 6. The quantitative estimate of drug-likeness (QED) is 0.732. The van der Waals surface area contributed by atoms with Gasteiger partial charge in [-0.05, 0) is 26.1 Å². The number of hydrogen-bond donors (Lipinski definition) is 2. The molecule has 2 N–H and O–H groups in total. The second kappa shape index (κ2) is 8.09. The van der Waals surface area contributed by atoms with E-state index >= 15 is 0 Å². The third-order valence-electron chi connectivity index (χ3n) is 4.09. The van der Waals surface area contributed by atoms with Gasteiger partial charge in [-0.3, -0.25) is 4.90 Å². The number of likely N-dealkylation sites (N-methyl/N-ethyl adjacent to an activating group) is 1. The molecule has 0 saturated carbocycles. The molecule has 1 aromatic rings. The van der Waals surface area contributed by atoms with Crippen molar-refractivity contribution in [2.45, 2.75) is 13.0 Å². The van der Waals surface area contributed by atoms with Gasteiger partial charge in [-0.1, -0.05) is 12.1 Å². The third kappa shape index (κ3) is 4.26. The van der Waals surface area contributed by atoms with Crippen LogP contribution in [0.1, 0.15) is 6.92 Å². The van der Waals surface area contributed by atoms with Gasteiger partial charge in [0.2, 0.25) is 0 Å². The highest BCUT2D eigenvalue weighted by molar-refractivity contribution is 5.93. The van der Waals surface area contributed by atoms with Crippen molar-refractivity contribution < 1.29 is 23.8 Å². The molecule has 2 aliphatic heterocycles. The standard InChI is InChI=1S/C18H23N3O5/c1-3-24-17(22)13-8-19-18(23)20-14(13)10-21(2)9-12-11-25-15-6-4-5-7-16(15)26-12/h4-7,12H,3,8-11H2,1-2H3,(H2,19,20,23). The number of para-hydroxylation sites is 2. The lowest BCUT2D eigenvalue weighted by Gasteiger charge is -2.31. The summed E-state index contributed by atoms with van der Waals surface area (Å²) in [6, 6.07) is 7.21. The average molecular weight is 361 g/mol. The van der Waals surface area contributed by atoms with Crippen LogP contribution in [0.25, 0.3) is 0 Å². The summed E-state index contributed by atoms with van der Waals surface area (Å²) in [5, 5.41) is 5.30. The van der Waals surface area contributed by atoms with Crippen LogP contribution >= 0.6 is 0 Å². The molecule has 0 radical (unpaired) electrons. The number of nitrogens with one attached hydrogen (secondary N) is 2. The summed E-state index contributed by atoms with van der Waals surface area (Å²) in [4.78, 5) is 25.7. The van der Waals surface area contributed by atoms with E-state index in [9.17, 15) is 9.59 Å². The van der Waals surface area contributed by atoms with Crippen LogP contribution in [0.5, 0.6) is 11.5 Å². The van der Waals surface area contributed by atoms with Crippen molar-refractivity contribution in [3.05, 3.63) is 35.5 Å². The Bertz CT molecular complexity index is 719. The Morgan fingerprint density at radius 2 is 2.12 bits per heavy atom. The molecular formula is C18H23N3O5. The molecule has 2 heterocycles. The van der Waals surface area contributed by atoms with Gasteiger partial charge in [0.25, 0.3) is 0 Å². The average Bonchev–Trinajstić information content (AvgIpc) is 2.62. The van der Waals surface area contributed by atoms with E-state index in [4.69, 9.17) is 14.2 Å². The number of esters is 1. The van der Waals surface area contributed by atoms with Gasteiger partial charge < -0.3 is 24.8 Å². The van der Waals surface area contributed by atoms with Gasteiger partial charge in [0.1, 0.15) is 12.7 Å². The van der Waals surface area contributed by atoms with Crippen molar-refractivity contribution in [1.29, 1.82) is 0 Å². The second-order valence-electron chi connectivity index (χ2n) is 6.18. The zero-order chi connectivity index (χ0) is 18.5. The smallest absolute Gasteiger partial charge is 0.337 e. The fraction of sp³-hybridized carbons (Fsp3) is 0.444. The number of carbonyl (C=O) groups excluding carboxylic acids is 2. The summed E-state index contributed by atoms with van der Waals surface area (Å²) < 4.78 is 16.7. The molecule has 2 aliphatic rings. The fourth-order valence-electron chi connectivity index (χ4n) is 2.92. The molecule has 1 aromatic carbocycles. The molecule has 0 spiro atoms. The van der Waals surface area contributed by atoms with Crippen LogP contribution in [0.3, 0.4) is 0 Å². The van der Waals surface area contributed by atoms with Crippen LogP contribution < -0.4 is 20.1 Å². The van der Waals surface area contributed by atoms with Crippen molar-refractivity contribution >= 4 is 12.0 Å². The molecule has 1 unspecified atom stereocenters. The Hall–Kier alpha value is -2.74. The van der Waals surface area contributed by atoms with E-state index in [1.54, 1.807) is 6.92 Å². The Morgan fingerprint density at radius 3 is 2.88 bits per heavy atom. The maximum Gasteiger partial charge on any atom is 0.337 e. The fourth-order valence-corrected chi connectivity index (χ4v) is 2.92. The highest BCUT2D eigenvalue weighted by Crippen LogP contribution is 2.31. The number of amides is 2. The maximum absolute atomic E-state index is 12.1. The molecule has 26 heavy (non-hydrogen) atoms. The summed E-state index contributed by atoms with van der Waals surface area (Å²) >= 11 is 0. The van der Waals surface area contributed by atoms with E-state index in [0.717, 1.165) is 11.5 Å². The minimum atomic E-state index is -0.422. The van der Waals surface area contributed by atoms with E-state index < -0.39 is 5.97 Å². The molecule has 3 rings (SSSR count). The largest absolute Gasteiger partial charge is 0.486 e. The first-order chi connectivity index (χ1) is 12.6. The van der Waals surface area contributed by atoms with Crippen molar-refractivity contribution in [2.24, 2.45) is 0 Å². The molecule has 8 nitrogen and oxygen atoms in total. The Balaban J connectivity index is 1.63. The number of nitrogens with zero attached hydrogens (tertiary/aromatic N) is 1. The van der Waals surface area contributed by atoms with Gasteiger partial charge >= 0.3 is 12.0 Å². The van der Waals surface area contributed by atoms with Gasteiger partial charge in [0.15, 0.2) is 11.5 Å². The molecule has 140 valence electrons. The second-order valence-corrected chi connectivity index (χ2v) is 6.18. The lowest BCUT2D eigenvalue weighted by Crippen LogP contribution is -2.48. The highest BCUT2D eigenvalue weighted by atomic mass is 16.6. The first-order valence-electron chi connectivity index (χ1n) is 8.57. The molecule has 8 heteroatoms. The summed E-state index contributed by atoms with van der Waals surface area (Å²) in [6.45, 7) is 3.60. The van der Waals surface area contributed by atoms with E-state index in [-0.39, 0.29) is 25.3 Å². The number of carbonyl (C=O) groups is 2. The van der Waals surface area contributed by atoms with Crippen LogP contribution in [-0.2, 0) is 9.53 Å². The summed E-state index contributed by atoms with van der Waals surface area (Å²) in [5.74, 6) is 1.04. The van der Waals surface area contributed by atoms with E-state index in [0.29, 0.717) is 31.0 Å². The minimum Gasteiger partial charge on any atom is -0.486 e. The lowest BCUT2D eigenvalue weighted by molar-refractivity contribution is -0.138. The maximum atomic E-state index is 12.1. The highest BCUT2D eigenvalue weighted by Gasteiger charge is 2.26. The third-order valence-corrected chi connectivity index (χ3v) is 4.09. The minimum absolute atomic E-state index is 0.140. The molecule has 1 atom stereocenters. The van der Waals surface area contributed by atoms with Crippen molar-refractivity contribution in [2.75, 3.05) is 39.9 Å². The zero-order valence-corrected chi connectivity index (χ0v) is 14.9. The number of urea groups is 1. The number of benzene rings is 1. The summed E-state index contributed by atoms with van der Waals surface area (Å²) in [6.07, 6.45) is -0.140. The SMILES string of the molecule is CCOC(=O)C1=C(CN(C)CC2COc3ccccc3O2)NC(=O)NC1. The van der Waals surface area contributed by atoms with Crippen LogP contribution in [0.15, 0.2) is 35.5 Å². The molecule has 0 bridgehead atoms. The number of ether oxygens (including phenoxy) is 3. The van der Waals surface area contributed by atoms with Gasteiger partial charge in [-0.15, -0.1) is 0 Å². The van der Waals surface area contributed by atoms with Crippen LogP contribution in [0.4, 0.5) is 4.79 Å². The lowest BCUT2D eigenvalue weighted by atomic mass is 10.1. The molecular weight excluding hydrogens is 338 g/mol. The molecule has 0 aliphatic carbocycles. The Labute approximate surface area is 152 Å². The van der Waals surface area contributed by atoms with E-state index in [2.05, 4.69) is 10.6 Å². The molecule has 0 aromatic heterocycles. The van der Waals surface area contributed by atoms with Gasteiger partial charge in [0, 0.05) is 18.8 Å².